The third-order valence-corrected chi connectivity index (χ3v) is 6.79. The van der Waals surface area contributed by atoms with Crippen LogP contribution in [-0.2, 0) is 0 Å². The van der Waals surface area contributed by atoms with Crippen LogP contribution < -0.4 is 0 Å². The topological polar surface area (TPSA) is 23.5 Å². The van der Waals surface area contributed by atoms with Crippen molar-refractivity contribution in [3.05, 3.63) is 11.6 Å². The number of rotatable bonds is 21. The summed E-state index contributed by atoms with van der Waals surface area (Å²) in [6.45, 7) is 8.13. The quantitative estimate of drug-likeness (QED) is 0.171. The summed E-state index contributed by atoms with van der Waals surface area (Å²) in [5.74, 6) is 0. The first-order valence-corrected chi connectivity index (χ1v) is 12.9. The lowest BCUT2D eigenvalue weighted by atomic mass is 9.85. The van der Waals surface area contributed by atoms with Crippen LogP contribution in [-0.4, -0.2) is 35.7 Å². The van der Waals surface area contributed by atoms with Crippen molar-refractivity contribution < 1.29 is 5.11 Å². The Labute approximate surface area is 200 Å². The molecule has 0 aromatic rings. The van der Waals surface area contributed by atoms with Crippen LogP contribution in [0.15, 0.2) is 11.6 Å². The Bertz CT molecular complexity index is 387. The van der Waals surface area contributed by atoms with E-state index in [9.17, 15) is 5.11 Å². The third-order valence-electron chi connectivity index (χ3n) is 6.44. The summed E-state index contributed by atoms with van der Waals surface area (Å²) in [4.78, 5) is 2.14. The zero-order valence-corrected chi connectivity index (χ0v) is 22.3. The Morgan fingerprint density at radius 2 is 1.13 bits per heavy atom. The summed E-state index contributed by atoms with van der Waals surface area (Å²) in [5, 5.41) is 10.6. The molecule has 30 heavy (non-hydrogen) atoms. The van der Waals surface area contributed by atoms with Crippen LogP contribution in [0, 0.1) is 0 Å². The van der Waals surface area contributed by atoms with E-state index in [2.05, 4.69) is 18.4 Å². The molecule has 2 unspecified atom stereocenters. The van der Waals surface area contributed by atoms with Gasteiger partial charge in [0.2, 0.25) is 0 Å². The molecular formula is C26H53Cl2NO. The van der Waals surface area contributed by atoms with Crippen molar-refractivity contribution in [2.75, 3.05) is 14.1 Å². The third kappa shape index (κ3) is 16.0. The highest BCUT2D eigenvalue weighted by Crippen LogP contribution is 2.35. The molecule has 0 heterocycles. The molecule has 2 nitrogen and oxygen atoms in total. The fourth-order valence-electron chi connectivity index (χ4n) is 4.45. The lowest BCUT2D eigenvalue weighted by Gasteiger charge is -2.40. The maximum Gasteiger partial charge on any atom is 0.0581 e. The maximum absolute atomic E-state index is 9.89. The van der Waals surface area contributed by atoms with Gasteiger partial charge in [-0.1, -0.05) is 128 Å². The molecule has 0 aliphatic carbocycles. The van der Waals surface area contributed by atoms with E-state index in [-0.39, 0.29) is 24.0 Å². The molecule has 182 valence electrons. The van der Waals surface area contributed by atoms with Gasteiger partial charge in [-0.3, -0.25) is 4.90 Å². The molecule has 0 aromatic heterocycles. The van der Waals surface area contributed by atoms with Gasteiger partial charge in [0.05, 0.1) is 11.6 Å². The van der Waals surface area contributed by atoms with E-state index in [1.807, 2.05) is 21.0 Å². The van der Waals surface area contributed by atoms with Crippen molar-refractivity contribution in [3.63, 3.8) is 0 Å². The minimum Gasteiger partial charge on any atom is -0.393 e. The number of halogens is 2. The molecule has 0 amide bonds. The molecular weight excluding hydrogens is 413 g/mol. The first kappa shape index (κ1) is 32.4. The minimum atomic E-state index is -0.367. The van der Waals surface area contributed by atoms with Crippen LogP contribution in [0.25, 0.3) is 0 Å². The van der Waals surface area contributed by atoms with Gasteiger partial charge in [0.25, 0.3) is 0 Å². The largest absolute Gasteiger partial charge is 0.393 e. The molecule has 2 atom stereocenters. The van der Waals surface area contributed by atoms with E-state index < -0.39 is 0 Å². The predicted molar refractivity (Wildman–Crippen MR) is 139 cm³/mol. The molecule has 4 heteroatoms. The Kier molecular flexibility index (Phi) is 22.8. The second-order valence-corrected chi connectivity index (χ2v) is 9.89. The van der Waals surface area contributed by atoms with Gasteiger partial charge in [0.15, 0.2) is 0 Å². The van der Waals surface area contributed by atoms with Crippen LogP contribution in [0.2, 0.25) is 0 Å². The van der Waals surface area contributed by atoms with Gasteiger partial charge in [-0.15, -0.1) is 12.4 Å². The molecule has 1 N–H and O–H groups in total. The van der Waals surface area contributed by atoms with Crippen molar-refractivity contribution in [1.82, 2.24) is 4.90 Å². The Balaban J connectivity index is 0. The molecule has 0 radical (unpaired) electrons. The van der Waals surface area contributed by atoms with Crippen LogP contribution in [0.4, 0.5) is 0 Å². The van der Waals surface area contributed by atoms with Gasteiger partial charge in [0.1, 0.15) is 0 Å². The van der Waals surface area contributed by atoms with Gasteiger partial charge < -0.3 is 5.11 Å². The smallest absolute Gasteiger partial charge is 0.0581 e. The number of hydrogen-bond acceptors (Lipinski definition) is 2. The van der Waals surface area contributed by atoms with Gasteiger partial charge in [-0.05, 0) is 33.9 Å². The number of hydrogen-bond donors (Lipinski definition) is 1. The molecule has 0 aromatic carbocycles. The minimum absolute atomic E-state index is 0. The van der Waals surface area contributed by atoms with Gasteiger partial charge in [-0.25, -0.2) is 0 Å². The van der Waals surface area contributed by atoms with E-state index in [1.165, 1.54) is 96.3 Å². The average molecular weight is 467 g/mol. The molecule has 0 fully saturated rings. The number of aliphatic hydroxyl groups excluding tert-OH is 1. The molecule has 0 aliphatic heterocycles. The van der Waals surface area contributed by atoms with E-state index in [1.54, 1.807) is 0 Å². The summed E-state index contributed by atoms with van der Waals surface area (Å²) in [6, 6.07) is 0. The zero-order chi connectivity index (χ0) is 22.0. The summed E-state index contributed by atoms with van der Waals surface area (Å²) >= 11 is 6.36. The first-order chi connectivity index (χ1) is 13.9. The fraction of sp³-hybridized carbons (Fsp3) is 0.923. The zero-order valence-electron chi connectivity index (χ0n) is 20.7. The van der Waals surface area contributed by atoms with Crippen LogP contribution in [0.3, 0.4) is 0 Å². The molecule has 0 saturated heterocycles. The molecule has 0 spiro atoms. The van der Waals surface area contributed by atoms with Crippen molar-refractivity contribution in [3.8, 4) is 0 Å². The Hall–Kier alpha value is 0.240. The number of aliphatic hydroxyl groups is 1. The highest BCUT2D eigenvalue weighted by molar-refractivity contribution is 6.30. The van der Waals surface area contributed by atoms with Gasteiger partial charge in [-0.2, -0.15) is 0 Å². The predicted octanol–water partition coefficient (Wildman–Crippen LogP) is 8.88. The first-order valence-electron chi connectivity index (χ1n) is 12.6. The summed E-state index contributed by atoms with van der Waals surface area (Å²) in [5.41, 5.74) is -0.286. The highest BCUT2D eigenvalue weighted by Gasteiger charge is 2.35. The number of nitrogens with zero attached hydrogens (tertiary/aromatic N) is 1. The highest BCUT2D eigenvalue weighted by atomic mass is 35.5. The number of unbranched alkanes of at least 4 members (excludes halogenated alkanes) is 15. The molecule has 0 bridgehead atoms. The van der Waals surface area contributed by atoms with E-state index in [0.717, 1.165) is 12.8 Å². The van der Waals surface area contributed by atoms with Gasteiger partial charge in [0, 0.05) is 5.03 Å². The summed E-state index contributed by atoms with van der Waals surface area (Å²) in [6.07, 6.45) is 23.4. The molecule has 0 rings (SSSR count). The Morgan fingerprint density at radius 1 is 0.800 bits per heavy atom. The normalized spacial score (nSPS) is 14.4. The average Bonchev–Trinajstić information content (AvgIpc) is 2.65. The number of likely N-dealkylation sites (N-methyl/N-ethyl adjacent to an activating group) is 1. The van der Waals surface area contributed by atoms with Crippen LogP contribution in [0.1, 0.15) is 129 Å². The van der Waals surface area contributed by atoms with Crippen molar-refractivity contribution in [1.29, 1.82) is 0 Å². The maximum atomic E-state index is 9.89. The molecule has 0 saturated carbocycles. The fourth-order valence-corrected chi connectivity index (χ4v) is 4.79. The second kappa shape index (κ2) is 21.1. The second-order valence-electron chi connectivity index (χ2n) is 9.44. The van der Waals surface area contributed by atoms with Crippen molar-refractivity contribution >= 4 is 24.0 Å². The van der Waals surface area contributed by atoms with Crippen LogP contribution >= 0.6 is 24.0 Å². The standard InChI is InChI=1S/C26H52ClNO.ClH/c1-6-7-8-9-10-11-12-13-14-15-16-17-18-19-20-21-22-26(25(3)27,28(4)5)23-24(2)29;/h24,29H,3,6-23H2,1-2,4-5H3;1H. The molecule has 0 aliphatic rings. The van der Waals surface area contributed by atoms with E-state index in [4.69, 9.17) is 11.6 Å². The summed E-state index contributed by atoms with van der Waals surface area (Å²) < 4.78 is 0. The SMILES string of the molecule is C=C(Cl)C(CCCCCCCCCCCCCCCCCC)(CC(C)O)N(C)C.Cl. The summed E-state index contributed by atoms with van der Waals surface area (Å²) in [7, 11) is 4.09. The van der Waals surface area contributed by atoms with Crippen molar-refractivity contribution in [2.24, 2.45) is 0 Å². The van der Waals surface area contributed by atoms with E-state index in [0.29, 0.717) is 11.5 Å². The monoisotopic (exact) mass is 465 g/mol. The van der Waals surface area contributed by atoms with Crippen LogP contribution in [0.5, 0.6) is 0 Å². The Morgan fingerprint density at radius 3 is 1.40 bits per heavy atom. The lowest BCUT2D eigenvalue weighted by Crippen LogP contribution is -2.46. The lowest BCUT2D eigenvalue weighted by molar-refractivity contribution is 0.0893. The van der Waals surface area contributed by atoms with Gasteiger partial charge >= 0.3 is 0 Å². The van der Waals surface area contributed by atoms with Crippen molar-refractivity contribution in [2.45, 2.75) is 141 Å². The van der Waals surface area contributed by atoms with E-state index >= 15 is 0 Å².